The number of hydrogen-bond acceptors (Lipinski definition) is 7. The number of pyridine rings is 1. The van der Waals surface area contributed by atoms with E-state index in [1.165, 1.54) is 29.2 Å². The minimum Gasteiger partial charge on any atom is -0.491 e. The molecular formula is C25H19F3N4O4. The van der Waals surface area contributed by atoms with Gasteiger partial charge in [-0.05, 0) is 54.1 Å². The van der Waals surface area contributed by atoms with E-state index in [1.807, 2.05) is 0 Å². The first kappa shape index (κ1) is 23.3. The molecule has 1 amide bonds. The second-order valence-electron chi connectivity index (χ2n) is 8.04. The normalized spacial score (nSPS) is 17.1. The number of hydrogen-bond donors (Lipinski definition) is 0. The second-order valence-corrected chi connectivity index (χ2v) is 8.04. The van der Waals surface area contributed by atoms with Gasteiger partial charge in [0, 0.05) is 30.8 Å². The Hall–Kier alpha value is -4.41. The molecule has 36 heavy (non-hydrogen) atoms. The van der Waals surface area contributed by atoms with Gasteiger partial charge in [-0.3, -0.25) is 14.7 Å². The Morgan fingerprint density at radius 3 is 2.47 bits per heavy atom. The maximum atomic E-state index is 12.7. The van der Waals surface area contributed by atoms with Gasteiger partial charge in [0.2, 0.25) is 18.1 Å². The number of halogens is 3. The van der Waals surface area contributed by atoms with Gasteiger partial charge in [-0.15, -0.1) is 13.2 Å². The first-order chi connectivity index (χ1) is 17.3. The van der Waals surface area contributed by atoms with Crippen molar-refractivity contribution in [2.75, 3.05) is 11.5 Å². The van der Waals surface area contributed by atoms with Crippen molar-refractivity contribution >= 4 is 12.1 Å². The van der Waals surface area contributed by atoms with Crippen molar-refractivity contribution in [3.05, 3.63) is 84.0 Å². The van der Waals surface area contributed by atoms with Crippen LogP contribution in [-0.4, -0.2) is 34.5 Å². The van der Waals surface area contributed by atoms with E-state index in [1.54, 1.807) is 49.5 Å². The van der Waals surface area contributed by atoms with E-state index in [0.717, 1.165) is 0 Å². The summed E-state index contributed by atoms with van der Waals surface area (Å²) >= 11 is 0. The summed E-state index contributed by atoms with van der Waals surface area (Å²) in [6.07, 6.45) is -2.26. The lowest BCUT2D eigenvalue weighted by Gasteiger charge is -2.44. The molecule has 0 spiro atoms. The molecule has 1 aliphatic heterocycles. The number of benzene rings is 2. The molecule has 0 saturated heterocycles. The van der Waals surface area contributed by atoms with Crippen LogP contribution in [0.25, 0.3) is 11.4 Å². The minimum atomic E-state index is -4.82. The lowest BCUT2D eigenvalue weighted by Crippen LogP contribution is -2.50. The molecular weight excluding hydrogens is 477 g/mol. The predicted octanol–water partition coefficient (Wildman–Crippen LogP) is 5.03. The van der Waals surface area contributed by atoms with Crippen molar-refractivity contribution in [1.29, 1.82) is 0 Å². The zero-order valence-corrected chi connectivity index (χ0v) is 18.9. The van der Waals surface area contributed by atoms with Gasteiger partial charge in [-0.1, -0.05) is 17.3 Å². The number of aryl methyl sites for hydroxylation is 1. The highest BCUT2D eigenvalue weighted by atomic mass is 19.4. The van der Waals surface area contributed by atoms with E-state index in [-0.39, 0.29) is 12.4 Å². The molecule has 0 N–H and O–H groups in total. The second kappa shape index (κ2) is 8.99. The van der Waals surface area contributed by atoms with E-state index in [4.69, 9.17) is 9.26 Å². The topological polar surface area (TPSA) is 90.6 Å². The van der Waals surface area contributed by atoms with E-state index in [9.17, 15) is 18.0 Å². The lowest BCUT2D eigenvalue weighted by atomic mass is 9.79. The quantitative estimate of drug-likeness (QED) is 0.346. The molecule has 0 fully saturated rings. The van der Waals surface area contributed by atoms with Crippen LogP contribution in [0.2, 0.25) is 0 Å². The summed E-state index contributed by atoms with van der Waals surface area (Å²) in [7, 11) is 0. The summed E-state index contributed by atoms with van der Waals surface area (Å²) in [5.74, 6) is 0.937. The van der Waals surface area contributed by atoms with Gasteiger partial charge in [0.25, 0.3) is 0 Å². The number of carbonyl (C=O) groups is 1. The summed E-state index contributed by atoms with van der Waals surface area (Å²) in [5, 5.41) is 3.91. The highest BCUT2D eigenvalue weighted by Crippen LogP contribution is 2.46. The van der Waals surface area contributed by atoms with Crippen molar-refractivity contribution in [3.8, 4) is 22.9 Å². The van der Waals surface area contributed by atoms with E-state index < -0.39 is 11.9 Å². The Morgan fingerprint density at radius 1 is 1.08 bits per heavy atom. The molecule has 184 valence electrons. The summed E-state index contributed by atoms with van der Waals surface area (Å²) in [6, 6.07) is 15.8. The van der Waals surface area contributed by atoms with Crippen LogP contribution in [0, 0.1) is 6.92 Å². The molecule has 0 radical (unpaired) electrons. The lowest BCUT2D eigenvalue weighted by molar-refractivity contribution is -0.274. The van der Waals surface area contributed by atoms with Crippen molar-refractivity contribution in [2.24, 2.45) is 0 Å². The van der Waals surface area contributed by atoms with E-state index in [2.05, 4.69) is 19.9 Å². The van der Waals surface area contributed by atoms with Gasteiger partial charge >= 0.3 is 6.36 Å². The largest absolute Gasteiger partial charge is 0.573 e. The summed E-state index contributed by atoms with van der Waals surface area (Å²) in [6.45, 7) is 1.94. The molecule has 2 aromatic carbocycles. The monoisotopic (exact) mass is 496 g/mol. The molecule has 0 saturated carbocycles. The standard InChI is InChI=1S/C25H19F3N4O4/c1-16-30-23(31-36-16)17-4-8-19(9-5-17)32(15-33)24(12-14-34-21-3-2-13-29-22(21)24)18-6-10-20(11-7-18)35-25(26,27)28/h2-11,13,15H,12,14H2,1H3. The van der Waals surface area contributed by atoms with Crippen LogP contribution in [0.4, 0.5) is 18.9 Å². The maximum Gasteiger partial charge on any atom is 0.573 e. The number of ether oxygens (including phenoxy) is 2. The average molecular weight is 496 g/mol. The fourth-order valence-electron chi connectivity index (χ4n) is 4.39. The zero-order chi connectivity index (χ0) is 25.3. The molecule has 1 aliphatic rings. The fraction of sp³-hybridized carbons (Fsp3) is 0.200. The average Bonchev–Trinajstić information content (AvgIpc) is 3.31. The number of carbonyl (C=O) groups excluding carboxylic acids is 1. The first-order valence-electron chi connectivity index (χ1n) is 10.9. The number of aromatic nitrogens is 3. The predicted molar refractivity (Wildman–Crippen MR) is 121 cm³/mol. The Morgan fingerprint density at radius 2 is 1.83 bits per heavy atom. The SMILES string of the molecule is Cc1nc(-c2ccc(N(C=O)C3(c4ccc(OC(F)(F)F)cc4)CCOc4cccnc43)cc2)no1. The molecule has 1 atom stereocenters. The van der Waals surface area contributed by atoms with Crippen LogP contribution in [0.5, 0.6) is 11.5 Å². The van der Waals surface area contributed by atoms with Crippen molar-refractivity contribution < 1.29 is 32.0 Å². The molecule has 5 rings (SSSR count). The van der Waals surface area contributed by atoms with Crippen LogP contribution in [0.3, 0.4) is 0 Å². The van der Waals surface area contributed by atoms with Gasteiger partial charge < -0.3 is 14.0 Å². The summed E-state index contributed by atoms with van der Waals surface area (Å²) < 4.78 is 53.0. The fourth-order valence-corrected chi connectivity index (χ4v) is 4.39. The third-order valence-electron chi connectivity index (χ3n) is 5.90. The number of fused-ring (bicyclic) bond motifs is 1. The van der Waals surface area contributed by atoms with Crippen LogP contribution in [0.15, 0.2) is 71.4 Å². The molecule has 0 aliphatic carbocycles. The smallest absolute Gasteiger partial charge is 0.491 e. The highest BCUT2D eigenvalue weighted by molar-refractivity contribution is 5.81. The zero-order valence-electron chi connectivity index (χ0n) is 18.9. The van der Waals surface area contributed by atoms with Gasteiger partial charge in [0.15, 0.2) is 0 Å². The first-order valence-corrected chi connectivity index (χ1v) is 10.9. The molecule has 11 heteroatoms. The molecule has 4 aromatic rings. The van der Waals surface area contributed by atoms with Crippen LogP contribution in [-0.2, 0) is 10.3 Å². The number of alkyl halides is 3. The third-order valence-corrected chi connectivity index (χ3v) is 5.90. The third kappa shape index (κ3) is 4.23. The van der Waals surface area contributed by atoms with Gasteiger partial charge in [0.1, 0.15) is 22.7 Å². The summed E-state index contributed by atoms with van der Waals surface area (Å²) in [4.78, 5) is 22.9. The van der Waals surface area contributed by atoms with E-state index >= 15 is 0 Å². The van der Waals surface area contributed by atoms with Gasteiger partial charge in [0.05, 0.1) is 6.61 Å². The van der Waals surface area contributed by atoms with Crippen LogP contribution >= 0.6 is 0 Å². The summed E-state index contributed by atoms with van der Waals surface area (Å²) in [5.41, 5.74) is 1.08. The van der Waals surface area contributed by atoms with Crippen molar-refractivity contribution in [1.82, 2.24) is 15.1 Å². The number of amides is 1. The van der Waals surface area contributed by atoms with Crippen LogP contribution < -0.4 is 14.4 Å². The Balaban J connectivity index is 1.61. The Kier molecular flexibility index (Phi) is 5.83. The molecule has 1 unspecified atom stereocenters. The van der Waals surface area contributed by atoms with Crippen molar-refractivity contribution in [2.45, 2.75) is 25.2 Å². The molecule has 0 bridgehead atoms. The Labute approximate surface area is 203 Å². The van der Waals surface area contributed by atoms with Crippen LogP contribution in [0.1, 0.15) is 23.6 Å². The van der Waals surface area contributed by atoms with Gasteiger partial charge in [-0.2, -0.15) is 4.98 Å². The maximum absolute atomic E-state index is 12.7. The number of nitrogens with zero attached hydrogens (tertiary/aromatic N) is 4. The molecule has 8 nitrogen and oxygen atoms in total. The highest BCUT2D eigenvalue weighted by Gasteiger charge is 2.46. The Bertz CT molecular complexity index is 1370. The number of anilines is 1. The van der Waals surface area contributed by atoms with Gasteiger partial charge in [-0.25, -0.2) is 0 Å². The molecule has 3 heterocycles. The minimum absolute atomic E-state index is 0.254. The molecule has 2 aromatic heterocycles. The van der Waals surface area contributed by atoms with E-state index in [0.29, 0.717) is 52.8 Å². The van der Waals surface area contributed by atoms with Crippen molar-refractivity contribution in [3.63, 3.8) is 0 Å². The number of rotatable bonds is 6.